The molecule has 3 nitrogen and oxygen atoms in total. The number of benzene rings is 1. The number of carboxylic acids is 1. The normalized spacial score (nSPS) is 30.2. The van der Waals surface area contributed by atoms with Crippen molar-refractivity contribution in [2.45, 2.75) is 70.6 Å². The number of ether oxygens (including phenoxy) is 1. The summed E-state index contributed by atoms with van der Waals surface area (Å²) < 4.78 is 5.53. The van der Waals surface area contributed by atoms with Crippen LogP contribution in [-0.4, -0.2) is 24.8 Å². The van der Waals surface area contributed by atoms with Crippen LogP contribution in [0.3, 0.4) is 0 Å². The Bertz CT molecular complexity index is 859. The van der Waals surface area contributed by atoms with Gasteiger partial charge in [-0.2, -0.15) is 0 Å². The van der Waals surface area contributed by atoms with E-state index in [1.165, 1.54) is 35.6 Å². The lowest BCUT2D eigenvalue weighted by Crippen LogP contribution is -2.34. The number of rotatable bonds is 6. The van der Waals surface area contributed by atoms with Gasteiger partial charge >= 0.3 is 5.97 Å². The third-order valence-electron chi connectivity index (χ3n) is 7.53. The highest BCUT2D eigenvalue weighted by Crippen LogP contribution is 2.61. The number of methoxy groups -OCH3 is 1. The lowest BCUT2D eigenvalue weighted by Gasteiger charge is -2.42. The lowest BCUT2D eigenvalue weighted by molar-refractivity contribution is -0.131. The molecule has 0 aliphatic heterocycles. The van der Waals surface area contributed by atoms with Gasteiger partial charge in [0.25, 0.3) is 0 Å². The van der Waals surface area contributed by atoms with Crippen molar-refractivity contribution in [2.75, 3.05) is 13.7 Å². The van der Waals surface area contributed by atoms with Crippen LogP contribution in [0.4, 0.5) is 0 Å². The zero-order valence-electron chi connectivity index (χ0n) is 19.0. The molecule has 29 heavy (non-hydrogen) atoms. The van der Waals surface area contributed by atoms with Gasteiger partial charge in [-0.05, 0) is 64.7 Å². The molecule has 1 saturated carbocycles. The molecule has 2 aliphatic carbocycles. The van der Waals surface area contributed by atoms with E-state index in [0.29, 0.717) is 18.4 Å². The van der Waals surface area contributed by atoms with E-state index in [9.17, 15) is 4.79 Å². The molecule has 0 aromatic heterocycles. The highest BCUT2D eigenvalue weighted by Gasteiger charge is 2.60. The van der Waals surface area contributed by atoms with E-state index in [-0.39, 0.29) is 16.2 Å². The minimum atomic E-state index is -0.904. The monoisotopic (exact) mass is 396 g/mol. The summed E-state index contributed by atoms with van der Waals surface area (Å²) >= 11 is 0. The molecule has 0 amide bonds. The molecule has 0 heterocycles. The van der Waals surface area contributed by atoms with Crippen molar-refractivity contribution in [3.8, 4) is 0 Å². The maximum absolute atomic E-state index is 10.9. The Kier molecular flexibility index (Phi) is 5.59. The highest BCUT2D eigenvalue weighted by atomic mass is 16.5. The molecule has 0 spiro atoms. The van der Waals surface area contributed by atoms with Gasteiger partial charge in [-0.25, -0.2) is 4.79 Å². The molecule has 0 unspecified atom stereocenters. The van der Waals surface area contributed by atoms with E-state index in [0.717, 1.165) is 5.57 Å². The van der Waals surface area contributed by atoms with Gasteiger partial charge in [0, 0.05) is 18.6 Å². The van der Waals surface area contributed by atoms with Crippen molar-refractivity contribution in [2.24, 2.45) is 11.8 Å². The maximum Gasteiger partial charge on any atom is 0.328 e. The highest BCUT2D eigenvalue weighted by molar-refractivity contribution is 5.81. The Morgan fingerprint density at radius 2 is 1.76 bits per heavy atom. The molecule has 1 fully saturated rings. The number of hydrogen-bond donors (Lipinski definition) is 1. The predicted molar refractivity (Wildman–Crippen MR) is 118 cm³/mol. The Morgan fingerprint density at radius 1 is 1.14 bits per heavy atom. The first-order valence-electron chi connectivity index (χ1n) is 10.7. The smallest absolute Gasteiger partial charge is 0.328 e. The molecular formula is C26H36O3. The third kappa shape index (κ3) is 3.94. The van der Waals surface area contributed by atoms with E-state index in [1.54, 1.807) is 7.11 Å². The van der Waals surface area contributed by atoms with Crippen molar-refractivity contribution in [3.05, 3.63) is 58.7 Å². The quantitative estimate of drug-likeness (QED) is 0.490. The topological polar surface area (TPSA) is 46.5 Å². The average Bonchev–Trinajstić information content (AvgIpc) is 3.21. The van der Waals surface area contributed by atoms with E-state index in [2.05, 4.69) is 58.9 Å². The number of allylic oxidation sites excluding steroid dienone is 3. The molecule has 158 valence electrons. The van der Waals surface area contributed by atoms with Crippen LogP contribution in [-0.2, 0) is 25.8 Å². The summed E-state index contributed by atoms with van der Waals surface area (Å²) in [4.78, 5) is 10.9. The summed E-state index contributed by atoms with van der Waals surface area (Å²) in [6, 6.07) is 7.13. The summed E-state index contributed by atoms with van der Waals surface area (Å²) in [5.41, 5.74) is 5.53. The summed E-state index contributed by atoms with van der Waals surface area (Å²) in [5, 5.41) is 8.96. The Morgan fingerprint density at radius 3 is 2.34 bits per heavy atom. The summed E-state index contributed by atoms with van der Waals surface area (Å²) in [7, 11) is 1.76. The summed E-state index contributed by atoms with van der Waals surface area (Å²) in [6.07, 6.45) is 7.80. The fourth-order valence-corrected chi connectivity index (χ4v) is 5.26. The molecular weight excluding hydrogens is 360 g/mol. The van der Waals surface area contributed by atoms with Crippen LogP contribution in [0.1, 0.15) is 71.1 Å². The van der Waals surface area contributed by atoms with Crippen LogP contribution in [0, 0.1) is 11.8 Å². The number of carboxylic acid groups (broad SMARTS) is 1. The average molecular weight is 397 g/mol. The van der Waals surface area contributed by atoms with E-state index >= 15 is 0 Å². The van der Waals surface area contributed by atoms with Crippen molar-refractivity contribution in [1.82, 2.24) is 0 Å². The number of carbonyl (C=O) groups is 1. The minimum Gasteiger partial charge on any atom is -0.478 e. The SMILES string of the molecule is COC[C@@H]1[C@@H](/C=C/C(C)=C/C(=O)O)[C@@]1(C)c1ccc2c(c1)C(C)(C)CCC2(C)C. The molecule has 3 atom stereocenters. The zero-order chi connectivity index (χ0) is 21.6. The molecule has 1 aromatic carbocycles. The van der Waals surface area contributed by atoms with Gasteiger partial charge in [0.05, 0.1) is 6.61 Å². The van der Waals surface area contributed by atoms with Crippen LogP contribution in [0.25, 0.3) is 0 Å². The molecule has 0 bridgehead atoms. The van der Waals surface area contributed by atoms with Gasteiger partial charge in [0.1, 0.15) is 0 Å². The predicted octanol–water partition coefficient (Wildman–Crippen LogP) is 5.77. The summed E-state index contributed by atoms with van der Waals surface area (Å²) in [5.74, 6) is -0.157. The third-order valence-corrected chi connectivity index (χ3v) is 7.53. The van der Waals surface area contributed by atoms with Gasteiger partial charge in [0.2, 0.25) is 0 Å². The van der Waals surface area contributed by atoms with Gasteiger partial charge in [-0.3, -0.25) is 0 Å². The Labute approximate surface area is 175 Å². The molecule has 3 heteroatoms. The second-order valence-electron chi connectivity index (χ2n) is 10.5. The molecule has 0 radical (unpaired) electrons. The second-order valence-corrected chi connectivity index (χ2v) is 10.5. The van der Waals surface area contributed by atoms with Crippen LogP contribution < -0.4 is 0 Å². The second kappa shape index (κ2) is 7.43. The van der Waals surface area contributed by atoms with Crippen molar-refractivity contribution in [1.29, 1.82) is 0 Å². The van der Waals surface area contributed by atoms with Crippen LogP contribution in [0.5, 0.6) is 0 Å². The van der Waals surface area contributed by atoms with Gasteiger partial charge in [0.15, 0.2) is 0 Å². The number of hydrogen-bond acceptors (Lipinski definition) is 2. The van der Waals surface area contributed by atoms with Crippen molar-refractivity contribution < 1.29 is 14.6 Å². The van der Waals surface area contributed by atoms with Gasteiger partial charge in [-0.15, -0.1) is 0 Å². The number of fused-ring (bicyclic) bond motifs is 1. The lowest BCUT2D eigenvalue weighted by atomic mass is 9.62. The summed E-state index contributed by atoms with van der Waals surface area (Å²) in [6.45, 7) is 14.3. The van der Waals surface area contributed by atoms with Gasteiger partial charge in [-0.1, -0.05) is 65.0 Å². The maximum atomic E-state index is 10.9. The van der Waals surface area contributed by atoms with Crippen LogP contribution in [0.2, 0.25) is 0 Å². The molecule has 3 rings (SSSR count). The van der Waals surface area contributed by atoms with Crippen molar-refractivity contribution in [3.63, 3.8) is 0 Å². The van der Waals surface area contributed by atoms with Crippen molar-refractivity contribution >= 4 is 5.97 Å². The molecule has 1 aromatic rings. The fraction of sp³-hybridized carbons (Fsp3) is 0.577. The standard InChI is InChI=1S/C26H36O3/c1-17(14-23(27)28)8-10-20-22(16-29-7)26(20,6)18-9-11-19-21(15-18)25(4,5)13-12-24(19,2)3/h8-11,14-15,20,22H,12-13,16H2,1-7H3,(H,27,28)/b10-8+,17-14+/t20-,22-,26-/m1/s1. The first-order valence-corrected chi connectivity index (χ1v) is 10.7. The first-order chi connectivity index (χ1) is 13.4. The minimum absolute atomic E-state index is 0.0166. The molecule has 2 aliphatic rings. The van der Waals surface area contributed by atoms with Crippen LogP contribution in [0.15, 0.2) is 42.0 Å². The Hall–Kier alpha value is -1.87. The molecule has 1 N–H and O–H groups in total. The van der Waals surface area contributed by atoms with E-state index < -0.39 is 5.97 Å². The fourth-order valence-electron chi connectivity index (χ4n) is 5.26. The van der Waals surface area contributed by atoms with Gasteiger partial charge < -0.3 is 9.84 Å². The Balaban J connectivity index is 1.98. The largest absolute Gasteiger partial charge is 0.478 e. The first kappa shape index (κ1) is 21.8. The number of aliphatic carboxylic acids is 1. The van der Waals surface area contributed by atoms with E-state index in [1.807, 2.05) is 13.0 Å². The molecule has 0 saturated heterocycles. The zero-order valence-corrected chi connectivity index (χ0v) is 19.0. The van der Waals surface area contributed by atoms with E-state index in [4.69, 9.17) is 9.84 Å². The van der Waals surface area contributed by atoms with Crippen LogP contribution >= 0.6 is 0 Å².